The number of hydrogen-bond acceptors (Lipinski definition) is 3. The van der Waals surface area contributed by atoms with E-state index in [-0.39, 0.29) is 11.5 Å². The van der Waals surface area contributed by atoms with Crippen molar-refractivity contribution in [2.75, 3.05) is 18.5 Å². The van der Waals surface area contributed by atoms with E-state index in [4.69, 9.17) is 0 Å². The van der Waals surface area contributed by atoms with Crippen molar-refractivity contribution in [2.24, 2.45) is 0 Å². The molecule has 0 spiro atoms. The molecule has 1 atom stereocenters. The Morgan fingerprint density at radius 3 is 2.28 bits per heavy atom. The molecule has 0 aliphatic rings. The second-order valence-corrected chi connectivity index (χ2v) is 5.18. The lowest BCUT2D eigenvalue weighted by Crippen LogP contribution is -2.47. The summed E-state index contributed by atoms with van der Waals surface area (Å²) < 4.78 is 36.2. The molecule has 3 amide bonds. The van der Waals surface area contributed by atoms with Gasteiger partial charge in [-0.05, 0) is 37.3 Å². The summed E-state index contributed by atoms with van der Waals surface area (Å²) in [5.41, 5.74) is 0.719. The molecule has 0 aromatic heterocycles. The molecule has 1 unspecified atom stereocenters. The third-order valence-electron chi connectivity index (χ3n) is 3.23. The molecule has 0 radical (unpaired) electrons. The zero-order valence-corrected chi connectivity index (χ0v) is 13.7. The van der Waals surface area contributed by atoms with Crippen molar-refractivity contribution in [2.45, 2.75) is 19.1 Å². The highest BCUT2D eigenvalue weighted by atomic mass is 19.4. The fraction of sp³-hybridized carbons (Fsp3) is 0.312. The number of alkyl halides is 3. The Kier molecular flexibility index (Phi) is 6.72. The maximum absolute atomic E-state index is 12.1. The summed E-state index contributed by atoms with van der Waals surface area (Å²) in [5, 5.41) is 3.99. The lowest BCUT2D eigenvalue weighted by Gasteiger charge is -2.17. The van der Waals surface area contributed by atoms with Crippen molar-refractivity contribution in [3.05, 3.63) is 42.5 Å². The number of carbonyl (C=O) groups is 3. The molecule has 1 aromatic rings. The lowest BCUT2D eigenvalue weighted by atomic mass is 10.1. The van der Waals surface area contributed by atoms with E-state index in [2.05, 4.69) is 11.9 Å². The van der Waals surface area contributed by atoms with Gasteiger partial charge in [-0.3, -0.25) is 14.4 Å². The molecule has 1 rings (SSSR count). The van der Waals surface area contributed by atoms with E-state index < -0.39 is 30.6 Å². The summed E-state index contributed by atoms with van der Waals surface area (Å²) in [7, 11) is 1.53. The molecule has 25 heavy (non-hydrogen) atoms. The first kappa shape index (κ1) is 20.2. The highest BCUT2D eigenvalue weighted by Gasteiger charge is 2.29. The van der Waals surface area contributed by atoms with Crippen molar-refractivity contribution >= 4 is 23.4 Å². The summed E-state index contributed by atoms with van der Waals surface area (Å²) in [6, 6.07) is 4.75. The predicted molar refractivity (Wildman–Crippen MR) is 86.0 cm³/mol. The number of nitrogens with zero attached hydrogens (tertiary/aromatic N) is 1. The monoisotopic (exact) mass is 357 g/mol. The van der Waals surface area contributed by atoms with E-state index in [0.29, 0.717) is 5.69 Å². The highest BCUT2D eigenvalue weighted by molar-refractivity contribution is 6.01. The number of nitrogens with one attached hydrogen (secondary N) is 2. The van der Waals surface area contributed by atoms with Gasteiger partial charge in [0.15, 0.2) is 0 Å². The number of likely N-dealkylation sites (N-methyl/N-ethyl adjacent to an activating group) is 1. The van der Waals surface area contributed by atoms with Gasteiger partial charge in [-0.1, -0.05) is 6.58 Å². The van der Waals surface area contributed by atoms with Gasteiger partial charge < -0.3 is 15.5 Å². The van der Waals surface area contributed by atoms with E-state index in [9.17, 15) is 27.6 Å². The predicted octanol–water partition coefficient (Wildman–Crippen LogP) is 1.63. The standard InChI is InChI=1S/C16H18F3N3O3/c1-4-13(23)22(3)12-7-5-11(6-8-12)15(25)21-10(2)14(24)20-9-16(17,18)19/h4-8,10H,1,9H2,2-3H3,(H,20,24)(H,21,25). The lowest BCUT2D eigenvalue weighted by molar-refractivity contribution is -0.139. The Morgan fingerprint density at radius 2 is 1.80 bits per heavy atom. The number of halogens is 3. The Bertz CT molecular complexity index is 657. The smallest absolute Gasteiger partial charge is 0.345 e. The minimum absolute atomic E-state index is 0.193. The average Bonchev–Trinajstić information content (AvgIpc) is 2.57. The van der Waals surface area contributed by atoms with E-state index in [1.807, 2.05) is 0 Å². The maximum Gasteiger partial charge on any atom is 0.405 e. The Labute approximate surface area is 142 Å². The third kappa shape index (κ3) is 6.28. The molecule has 2 N–H and O–H groups in total. The Balaban J connectivity index is 2.66. The van der Waals surface area contributed by atoms with Crippen LogP contribution in [0, 0.1) is 0 Å². The van der Waals surface area contributed by atoms with Gasteiger partial charge in [-0.25, -0.2) is 0 Å². The van der Waals surface area contributed by atoms with Gasteiger partial charge in [-0.2, -0.15) is 13.2 Å². The minimum Gasteiger partial charge on any atom is -0.345 e. The van der Waals surface area contributed by atoms with Crippen LogP contribution in [-0.4, -0.2) is 43.5 Å². The number of rotatable bonds is 6. The second-order valence-electron chi connectivity index (χ2n) is 5.18. The summed E-state index contributed by atoms with van der Waals surface area (Å²) in [5.74, 6) is -1.90. The van der Waals surface area contributed by atoms with Crippen LogP contribution in [0.2, 0.25) is 0 Å². The van der Waals surface area contributed by atoms with Crippen LogP contribution in [-0.2, 0) is 9.59 Å². The van der Waals surface area contributed by atoms with Crippen molar-refractivity contribution in [1.29, 1.82) is 0 Å². The largest absolute Gasteiger partial charge is 0.405 e. The quantitative estimate of drug-likeness (QED) is 0.760. The van der Waals surface area contributed by atoms with Crippen LogP contribution in [0.5, 0.6) is 0 Å². The van der Waals surface area contributed by atoms with Crippen LogP contribution in [0.3, 0.4) is 0 Å². The fourth-order valence-electron chi connectivity index (χ4n) is 1.79. The average molecular weight is 357 g/mol. The van der Waals surface area contributed by atoms with Crippen molar-refractivity contribution in [1.82, 2.24) is 10.6 Å². The molecule has 0 saturated carbocycles. The van der Waals surface area contributed by atoms with E-state index in [1.165, 1.54) is 43.1 Å². The van der Waals surface area contributed by atoms with Gasteiger partial charge >= 0.3 is 6.18 Å². The van der Waals surface area contributed by atoms with Gasteiger partial charge in [0.2, 0.25) is 11.8 Å². The van der Waals surface area contributed by atoms with Crippen LogP contribution < -0.4 is 15.5 Å². The van der Waals surface area contributed by atoms with Crippen LogP contribution in [0.1, 0.15) is 17.3 Å². The normalized spacial score (nSPS) is 12.0. The molecule has 6 nitrogen and oxygen atoms in total. The van der Waals surface area contributed by atoms with E-state index in [1.54, 1.807) is 5.32 Å². The molecule has 136 valence electrons. The summed E-state index contributed by atoms with van der Waals surface area (Å²) >= 11 is 0. The van der Waals surface area contributed by atoms with Crippen molar-refractivity contribution in [3.8, 4) is 0 Å². The Morgan fingerprint density at radius 1 is 1.24 bits per heavy atom. The van der Waals surface area contributed by atoms with E-state index in [0.717, 1.165) is 6.08 Å². The number of benzene rings is 1. The molecule has 9 heteroatoms. The first-order valence-corrected chi connectivity index (χ1v) is 7.20. The second kappa shape index (κ2) is 8.32. The Hall–Kier alpha value is -2.84. The van der Waals surface area contributed by atoms with Crippen LogP contribution in [0.25, 0.3) is 0 Å². The first-order chi connectivity index (χ1) is 11.5. The fourth-order valence-corrected chi connectivity index (χ4v) is 1.79. The first-order valence-electron chi connectivity index (χ1n) is 7.20. The number of hydrogen-bond donors (Lipinski definition) is 2. The topological polar surface area (TPSA) is 78.5 Å². The number of carbonyl (C=O) groups excluding carboxylic acids is 3. The SMILES string of the molecule is C=CC(=O)N(C)c1ccc(C(=O)NC(C)C(=O)NCC(F)(F)F)cc1. The van der Waals surface area contributed by atoms with Crippen LogP contribution in [0.4, 0.5) is 18.9 Å². The summed E-state index contributed by atoms with van der Waals surface area (Å²) in [6.45, 7) is 3.17. The highest BCUT2D eigenvalue weighted by Crippen LogP contribution is 2.15. The van der Waals surface area contributed by atoms with E-state index >= 15 is 0 Å². The molecule has 0 bridgehead atoms. The molecule has 0 aliphatic heterocycles. The zero-order chi connectivity index (χ0) is 19.2. The van der Waals surface area contributed by atoms with Gasteiger partial charge in [0.05, 0.1) is 0 Å². The molecule has 0 aliphatic carbocycles. The number of amides is 3. The molecular formula is C16H18F3N3O3. The van der Waals surface area contributed by atoms with Gasteiger partial charge in [0.1, 0.15) is 12.6 Å². The molecule has 1 aromatic carbocycles. The van der Waals surface area contributed by atoms with Crippen LogP contribution in [0.15, 0.2) is 36.9 Å². The summed E-state index contributed by atoms with van der Waals surface area (Å²) in [6.07, 6.45) is -3.38. The molecular weight excluding hydrogens is 339 g/mol. The van der Waals surface area contributed by atoms with Crippen molar-refractivity contribution in [3.63, 3.8) is 0 Å². The van der Waals surface area contributed by atoms with Crippen molar-refractivity contribution < 1.29 is 27.6 Å². The molecule has 0 heterocycles. The number of anilines is 1. The third-order valence-corrected chi connectivity index (χ3v) is 3.23. The summed E-state index contributed by atoms with van der Waals surface area (Å²) in [4.78, 5) is 36.4. The van der Waals surface area contributed by atoms with Gasteiger partial charge in [0.25, 0.3) is 5.91 Å². The van der Waals surface area contributed by atoms with Gasteiger partial charge in [0, 0.05) is 18.3 Å². The molecule has 0 fully saturated rings. The van der Waals surface area contributed by atoms with Crippen LogP contribution >= 0.6 is 0 Å². The zero-order valence-electron chi connectivity index (χ0n) is 13.7. The van der Waals surface area contributed by atoms with Gasteiger partial charge in [-0.15, -0.1) is 0 Å². The maximum atomic E-state index is 12.1. The minimum atomic E-state index is -4.52. The molecule has 0 saturated heterocycles.